The predicted molar refractivity (Wildman–Crippen MR) is 102 cm³/mol. The van der Waals surface area contributed by atoms with Crippen LogP contribution < -0.4 is 21.7 Å². The van der Waals surface area contributed by atoms with Crippen LogP contribution in [0.5, 0.6) is 0 Å². The van der Waals surface area contributed by atoms with Crippen LogP contribution in [0.3, 0.4) is 0 Å². The van der Waals surface area contributed by atoms with Gasteiger partial charge in [-0.05, 0) is 0 Å². The van der Waals surface area contributed by atoms with Gasteiger partial charge in [-0.25, -0.2) is 9.78 Å². The number of hydrogen-bond acceptors (Lipinski definition) is 8. The Hall–Kier alpha value is -2.25. The number of thiol groups is 2. The molecule has 27 heavy (non-hydrogen) atoms. The molecule has 13 heteroatoms. The molecule has 0 saturated heterocycles. The summed E-state index contributed by atoms with van der Waals surface area (Å²) in [4.78, 5) is 54.0. The van der Waals surface area contributed by atoms with E-state index < -0.39 is 41.8 Å². The number of nitrogens with zero attached hydrogens (tertiary/aromatic N) is 1. The summed E-state index contributed by atoms with van der Waals surface area (Å²) in [5.41, 5.74) is 5.85. The highest BCUT2D eigenvalue weighted by molar-refractivity contribution is 7.80. The van der Waals surface area contributed by atoms with Crippen LogP contribution in [0.2, 0.25) is 0 Å². The van der Waals surface area contributed by atoms with Gasteiger partial charge in [0.15, 0.2) is 0 Å². The van der Waals surface area contributed by atoms with Crippen LogP contribution in [0, 0.1) is 0 Å². The quantitative estimate of drug-likeness (QED) is 0.180. The van der Waals surface area contributed by atoms with E-state index in [1.165, 1.54) is 12.5 Å². The Labute approximate surface area is 166 Å². The highest BCUT2D eigenvalue weighted by Gasteiger charge is 2.28. The van der Waals surface area contributed by atoms with Gasteiger partial charge in [0.25, 0.3) is 0 Å². The number of nitrogens with one attached hydrogen (secondary N) is 4. The molecule has 0 aliphatic heterocycles. The van der Waals surface area contributed by atoms with Crippen molar-refractivity contribution in [2.24, 2.45) is 5.73 Å². The molecular formula is C14H22N6O5S2. The van der Waals surface area contributed by atoms with Crippen LogP contribution in [-0.4, -0.2) is 74.9 Å². The topological polar surface area (TPSA) is 179 Å². The Bertz CT molecular complexity index is 656. The lowest BCUT2D eigenvalue weighted by Gasteiger charge is -2.23. The number of carbonyl (C=O) groups excluding carboxylic acids is 3. The molecule has 1 aromatic rings. The minimum absolute atomic E-state index is 0.0852. The SMILES string of the molecule is NCC(=O)NC(Cc1cnc[nH]1)C(=O)NC(CS)C(=O)NC(CS)C(=O)O. The summed E-state index contributed by atoms with van der Waals surface area (Å²) in [7, 11) is 0. The molecule has 0 bridgehead atoms. The van der Waals surface area contributed by atoms with Gasteiger partial charge in [0, 0.05) is 29.8 Å². The van der Waals surface area contributed by atoms with E-state index >= 15 is 0 Å². The van der Waals surface area contributed by atoms with E-state index in [-0.39, 0.29) is 24.5 Å². The predicted octanol–water partition coefficient (Wildman–Crippen LogP) is -2.69. The molecule has 1 aromatic heterocycles. The van der Waals surface area contributed by atoms with Gasteiger partial charge in [-0.3, -0.25) is 14.4 Å². The summed E-state index contributed by atoms with van der Waals surface area (Å²) in [5, 5.41) is 16.1. The molecule has 3 atom stereocenters. The number of carboxylic acids is 1. The lowest BCUT2D eigenvalue weighted by Crippen LogP contribution is -2.57. The number of aromatic nitrogens is 2. The zero-order valence-electron chi connectivity index (χ0n) is 14.2. The summed E-state index contributed by atoms with van der Waals surface area (Å²) in [6.45, 7) is -0.314. The van der Waals surface area contributed by atoms with E-state index in [0.29, 0.717) is 5.69 Å². The van der Waals surface area contributed by atoms with Crippen molar-refractivity contribution in [2.75, 3.05) is 18.1 Å². The zero-order chi connectivity index (χ0) is 20.4. The highest BCUT2D eigenvalue weighted by Crippen LogP contribution is 2.01. The van der Waals surface area contributed by atoms with Crippen molar-refractivity contribution in [1.29, 1.82) is 0 Å². The fourth-order valence-corrected chi connectivity index (χ4v) is 2.51. The smallest absolute Gasteiger partial charge is 0.327 e. The second kappa shape index (κ2) is 11.5. The monoisotopic (exact) mass is 418 g/mol. The van der Waals surface area contributed by atoms with Crippen molar-refractivity contribution in [3.63, 3.8) is 0 Å². The number of H-pyrrole nitrogens is 1. The van der Waals surface area contributed by atoms with E-state index in [0.717, 1.165) is 0 Å². The number of hydrogen-bond donors (Lipinski definition) is 8. The lowest BCUT2D eigenvalue weighted by atomic mass is 10.1. The second-order valence-electron chi connectivity index (χ2n) is 5.43. The number of aromatic amines is 1. The number of amides is 3. The standard InChI is InChI=1S/C14H22N6O5S2/c15-2-11(21)18-8(1-7-3-16-6-17-7)12(22)19-9(4-26)13(23)20-10(5-27)14(24)25/h3,6,8-10,26-27H,1-2,4-5,15H2,(H,16,17)(H,18,21)(H,19,22)(H,20,23)(H,24,25). The number of nitrogens with two attached hydrogens (primary N) is 1. The van der Waals surface area contributed by atoms with Crippen LogP contribution in [0.25, 0.3) is 0 Å². The van der Waals surface area contributed by atoms with Gasteiger partial charge in [0.05, 0.1) is 12.9 Å². The summed E-state index contributed by atoms with van der Waals surface area (Å²) < 4.78 is 0. The van der Waals surface area contributed by atoms with Gasteiger partial charge in [0.1, 0.15) is 18.1 Å². The van der Waals surface area contributed by atoms with Gasteiger partial charge >= 0.3 is 5.97 Å². The summed E-state index contributed by atoms with van der Waals surface area (Å²) in [6.07, 6.45) is 3.00. The molecule has 150 valence electrons. The van der Waals surface area contributed by atoms with E-state index in [2.05, 4.69) is 51.2 Å². The average molecular weight is 419 g/mol. The molecule has 0 spiro atoms. The third-order valence-electron chi connectivity index (χ3n) is 3.43. The average Bonchev–Trinajstić information content (AvgIpc) is 3.15. The minimum Gasteiger partial charge on any atom is -0.480 e. The van der Waals surface area contributed by atoms with Crippen molar-refractivity contribution in [1.82, 2.24) is 25.9 Å². The summed E-state index contributed by atoms with van der Waals surface area (Å²) in [6, 6.07) is -3.34. The Kier molecular flexibility index (Phi) is 9.67. The minimum atomic E-state index is -1.25. The van der Waals surface area contributed by atoms with E-state index in [1.54, 1.807) is 0 Å². The maximum atomic E-state index is 12.5. The Morgan fingerprint density at radius 2 is 1.67 bits per heavy atom. The van der Waals surface area contributed by atoms with Gasteiger partial charge in [-0.15, -0.1) is 0 Å². The van der Waals surface area contributed by atoms with Crippen molar-refractivity contribution in [3.8, 4) is 0 Å². The number of imidazole rings is 1. The first-order valence-electron chi connectivity index (χ1n) is 7.84. The first-order valence-corrected chi connectivity index (χ1v) is 9.10. The van der Waals surface area contributed by atoms with Crippen LogP contribution in [-0.2, 0) is 25.6 Å². The number of aliphatic carboxylic acids is 1. The summed E-state index contributed by atoms with van der Waals surface area (Å²) >= 11 is 7.87. The molecule has 0 aliphatic rings. The summed E-state index contributed by atoms with van der Waals surface area (Å²) in [5.74, 6) is -3.40. The maximum Gasteiger partial charge on any atom is 0.327 e. The van der Waals surface area contributed by atoms with Gasteiger partial charge in [-0.2, -0.15) is 25.3 Å². The van der Waals surface area contributed by atoms with Crippen molar-refractivity contribution in [2.45, 2.75) is 24.5 Å². The van der Waals surface area contributed by atoms with Gasteiger partial charge in [0.2, 0.25) is 17.7 Å². The third kappa shape index (κ3) is 7.48. The first kappa shape index (κ1) is 22.8. The van der Waals surface area contributed by atoms with Gasteiger partial charge < -0.3 is 31.8 Å². The lowest BCUT2D eigenvalue weighted by molar-refractivity contribution is -0.141. The molecule has 3 amide bonds. The molecular weight excluding hydrogens is 396 g/mol. The molecule has 1 rings (SSSR count). The molecule has 7 N–H and O–H groups in total. The molecule has 0 radical (unpaired) electrons. The van der Waals surface area contributed by atoms with Gasteiger partial charge in [-0.1, -0.05) is 0 Å². The Morgan fingerprint density at radius 1 is 1.07 bits per heavy atom. The van der Waals surface area contributed by atoms with Crippen molar-refractivity contribution < 1.29 is 24.3 Å². The second-order valence-corrected chi connectivity index (χ2v) is 6.16. The fourth-order valence-electron chi connectivity index (χ4n) is 2.00. The largest absolute Gasteiger partial charge is 0.480 e. The molecule has 0 aromatic carbocycles. The van der Waals surface area contributed by atoms with Crippen LogP contribution in [0.15, 0.2) is 12.5 Å². The number of rotatable bonds is 11. The Balaban J connectivity index is 2.81. The van der Waals surface area contributed by atoms with Crippen LogP contribution in [0.1, 0.15) is 5.69 Å². The Morgan fingerprint density at radius 3 is 2.15 bits per heavy atom. The van der Waals surface area contributed by atoms with E-state index in [9.17, 15) is 19.2 Å². The van der Waals surface area contributed by atoms with Crippen LogP contribution in [0.4, 0.5) is 0 Å². The first-order chi connectivity index (χ1) is 12.8. The normalized spacial score (nSPS) is 13.9. The molecule has 1 heterocycles. The van der Waals surface area contributed by atoms with Crippen LogP contribution >= 0.6 is 25.3 Å². The van der Waals surface area contributed by atoms with Crippen molar-refractivity contribution >= 4 is 48.9 Å². The third-order valence-corrected chi connectivity index (χ3v) is 4.16. The molecule has 0 saturated carbocycles. The molecule has 3 unspecified atom stereocenters. The zero-order valence-corrected chi connectivity index (χ0v) is 16.0. The molecule has 0 fully saturated rings. The highest BCUT2D eigenvalue weighted by atomic mass is 32.1. The van der Waals surface area contributed by atoms with E-state index in [1.807, 2.05) is 0 Å². The fraction of sp³-hybridized carbons (Fsp3) is 0.500. The molecule has 0 aliphatic carbocycles. The number of carbonyl (C=O) groups is 4. The number of carboxylic acid groups (broad SMARTS) is 1. The molecule has 11 nitrogen and oxygen atoms in total. The maximum absolute atomic E-state index is 12.5. The van der Waals surface area contributed by atoms with E-state index in [4.69, 9.17) is 10.8 Å². The van der Waals surface area contributed by atoms with Crippen molar-refractivity contribution in [3.05, 3.63) is 18.2 Å².